The molecule has 1 nitrogen and oxygen atoms in total. The largest absolute Gasteiger partial charge is 0.297 e. The van der Waals surface area contributed by atoms with E-state index in [9.17, 15) is 0 Å². The SMILES string of the molecule is CCC1CCC(C=CC2CCC3C(C2)C2CCCCC2N3CC)CC1. The van der Waals surface area contributed by atoms with Crippen molar-refractivity contribution in [1.29, 1.82) is 0 Å². The molecule has 0 aromatic carbocycles. The molecule has 1 saturated heterocycles. The summed E-state index contributed by atoms with van der Waals surface area (Å²) >= 11 is 0. The van der Waals surface area contributed by atoms with Crippen LogP contribution in [0, 0.1) is 29.6 Å². The normalized spacial score (nSPS) is 45.4. The van der Waals surface area contributed by atoms with Gasteiger partial charge in [0.1, 0.15) is 0 Å². The quantitative estimate of drug-likeness (QED) is 0.531. The van der Waals surface area contributed by atoms with E-state index < -0.39 is 0 Å². The third kappa shape index (κ3) is 3.73. The molecule has 1 heterocycles. The molecule has 142 valence electrons. The summed E-state index contributed by atoms with van der Waals surface area (Å²) < 4.78 is 0. The molecule has 1 heteroatoms. The molecule has 5 unspecified atom stereocenters. The summed E-state index contributed by atoms with van der Waals surface area (Å²) in [5.74, 6) is 4.88. The standard InChI is InChI=1S/C24H41N/c1-3-18-9-11-19(12-10-18)13-14-20-15-16-24-22(17-20)21-7-5-6-8-23(21)25(24)4-2/h13-14,18-24H,3-12,15-17H2,1-2H3. The van der Waals surface area contributed by atoms with Crippen LogP contribution in [0.4, 0.5) is 0 Å². The van der Waals surface area contributed by atoms with Gasteiger partial charge in [-0.3, -0.25) is 4.90 Å². The fraction of sp³-hybridized carbons (Fsp3) is 0.917. The third-order valence-corrected chi connectivity index (χ3v) is 8.58. The highest BCUT2D eigenvalue weighted by Gasteiger charge is 2.50. The highest BCUT2D eigenvalue weighted by Crippen LogP contribution is 2.50. The minimum atomic E-state index is 0.893. The Kier molecular flexibility index (Phi) is 5.90. The number of fused-ring (bicyclic) bond motifs is 3. The fourth-order valence-corrected chi connectivity index (χ4v) is 7.14. The van der Waals surface area contributed by atoms with Gasteiger partial charge in [-0.05, 0) is 93.9 Å². The van der Waals surface area contributed by atoms with E-state index in [1.165, 1.54) is 83.6 Å². The molecule has 0 bridgehead atoms. The Bertz CT molecular complexity index is 441. The van der Waals surface area contributed by atoms with E-state index in [2.05, 4.69) is 30.9 Å². The first-order chi connectivity index (χ1) is 12.3. The monoisotopic (exact) mass is 343 g/mol. The van der Waals surface area contributed by atoms with Gasteiger partial charge in [0.05, 0.1) is 0 Å². The Balaban J connectivity index is 1.35. The predicted octanol–water partition coefficient (Wildman–Crippen LogP) is 6.44. The molecule has 0 aromatic rings. The number of likely N-dealkylation sites (tertiary alicyclic amines) is 1. The Morgan fingerprint density at radius 2 is 1.40 bits per heavy atom. The average Bonchev–Trinajstić information content (AvgIpc) is 3.00. The molecule has 25 heavy (non-hydrogen) atoms. The first-order valence-corrected chi connectivity index (χ1v) is 11.7. The zero-order valence-electron chi connectivity index (χ0n) is 16.8. The van der Waals surface area contributed by atoms with E-state index in [4.69, 9.17) is 0 Å². The van der Waals surface area contributed by atoms with Crippen molar-refractivity contribution in [3.63, 3.8) is 0 Å². The summed E-state index contributed by atoms with van der Waals surface area (Å²) in [6.45, 7) is 6.08. The van der Waals surface area contributed by atoms with Crippen LogP contribution < -0.4 is 0 Å². The molecule has 0 N–H and O–H groups in total. The minimum absolute atomic E-state index is 0.893. The van der Waals surface area contributed by atoms with Gasteiger partial charge in [0.2, 0.25) is 0 Å². The lowest BCUT2D eigenvalue weighted by Crippen LogP contribution is -2.40. The molecule has 3 saturated carbocycles. The number of nitrogens with zero attached hydrogens (tertiary/aromatic N) is 1. The van der Waals surface area contributed by atoms with Crippen molar-refractivity contribution in [3.05, 3.63) is 12.2 Å². The summed E-state index contributed by atoms with van der Waals surface area (Å²) in [4.78, 5) is 2.93. The molecule has 1 aliphatic heterocycles. The molecule has 4 rings (SSSR count). The van der Waals surface area contributed by atoms with Crippen LogP contribution in [-0.4, -0.2) is 23.5 Å². The second kappa shape index (κ2) is 8.15. The van der Waals surface area contributed by atoms with E-state index in [0.29, 0.717) is 0 Å². The van der Waals surface area contributed by atoms with Crippen molar-refractivity contribution in [2.24, 2.45) is 29.6 Å². The highest BCUT2D eigenvalue weighted by molar-refractivity contribution is 5.06. The molecule has 5 atom stereocenters. The van der Waals surface area contributed by atoms with Gasteiger partial charge in [0, 0.05) is 12.1 Å². The van der Waals surface area contributed by atoms with Crippen molar-refractivity contribution >= 4 is 0 Å². The van der Waals surface area contributed by atoms with Crippen molar-refractivity contribution in [1.82, 2.24) is 4.90 Å². The van der Waals surface area contributed by atoms with Crippen molar-refractivity contribution in [3.8, 4) is 0 Å². The Labute approximate surface area is 156 Å². The second-order valence-electron chi connectivity index (χ2n) is 9.72. The smallest absolute Gasteiger partial charge is 0.0130 e. The van der Waals surface area contributed by atoms with Crippen LogP contribution in [0.3, 0.4) is 0 Å². The summed E-state index contributed by atoms with van der Waals surface area (Å²) in [7, 11) is 0. The highest BCUT2D eigenvalue weighted by atomic mass is 15.2. The molecule has 0 spiro atoms. The van der Waals surface area contributed by atoms with Gasteiger partial charge in [-0.2, -0.15) is 0 Å². The molecule has 3 aliphatic carbocycles. The van der Waals surface area contributed by atoms with Crippen LogP contribution in [-0.2, 0) is 0 Å². The van der Waals surface area contributed by atoms with Crippen LogP contribution in [0.15, 0.2) is 12.2 Å². The van der Waals surface area contributed by atoms with Gasteiger partial charge < -0.3 is 0 Å². The minimum Gasteiger partial charge on any atom is -0.297 e. The number of rotatable bonds is 4. The third-order valence-electron chi connectivity index (χ3n) is 8.58. The van der Waals surface area contributed by atoms with Crippen molar-refractivity contribution in [2.75, 3.05) is 6.54 Å². The van der Waals surface area contributed by atoms with Gasteiger partial charge in [-0.1, -0.05) is 45.3 Å². The summed E-state index contributed by atoms with van der Waals surface area (Å²) in [6.07, 6.45) is 23.1. The topological polar surface area (TPSA) is 3.24 Å². The molecular weight excluding hydrogens is 302 g/mol. The Hall–Kier alpha value is -0.300. The molecule has 4 fully saturated rings. The average molecular weight is 344 g/mol. The van der Waals surface area contributed by atoms with Crippen LogP contribution >= 0.6 is 0 Å². The molecule has 0 aromatic heterocycles. The molecule has 0 radical (unpaired) electrons. The maximum absolute atomic E-state index is 2.93. The predicted molar refractivity (Wildman–Crippen MR) is 108 cm³/mol. The Morgan fingerprint density at radius 1 is 0.720 bits per heavy atom. The van der Waals surface area contributed by atoms with E-state index in [-0.39, 0.29) is 0 Å². The number of hydrogen-bond acceptors (Lipinski definition) is 1. The summed E-state index contributed by atoms with van der Waals surface area (Å²) in [5, 5.41) is 0. The summed E-state index contributed by atoms with van der Waals surface area (Å²) in [5.41, 5.74) is 0. The maximum atomic E-state index is 2.93. The van der Waals surface area contributed by atoms with Gasteiger partial charge >= 0.3 is 0 Å². The van der Waals surface area contributed by atoms with Gasteiger partial charge in [-0.15, -0.1) is 0 Å². The van der Waals surface area contributed by atoms with E-state index in [1.807, 2.05) is 0 Å². The van der Waals surface area contributed by atoms with Crippen LogP contribution in [0.1, 0.15) is 90.9 Å². The number of hydrogen-bond donors (Lipinski definition) is 0. The molecular formula is C24H41N. The number of allylic oxidation sites excluding steroid dienone is 2. The van der Waals surface area contributed by atoms with Crippen LogP contribution in [0.5, 0.6) is 0 Å². The lowest BCUT2D eigenvalue weighted by atomic mass is 9.70. The first-order valence-electron chi connectivity index (χ1n) is 11.7. The summed E-state index contributed by atoms with van der Waals surface area (Å²) in [6, 6.07) is 1.88. The van der Waals surface area contributed by atoms with E-state index >= 15 is 0 Å². The van der Waals surface area contributed by atoms with Gasteiger partial charge in [0.25, 0.3) is 0 Å². The molecule has 4 aliphatic rings. The second-order valence-corrected chi connectivity index (χ2v) is 9.72. The first kappa shape index (κ1) is 18.1. The van der Waals surface area contributed by atoms with Crippen LogP contribution in [0.25, 0.3) is 0 Å². The Morgan fingerprint density at radius 3 is 2.16 bits per heavy atom. The zero-order chi connectivity index (χ0) is 17.2. The van der Waals surface area contributed by atoms with Crippen molar-refractivity contribution < 1.29 is 0 Å². The lowest BCUT2D eigenvalue weighted by molar-refractivity contribution is 0.140. The lowest BCUT2D eigenvalue weighted by Gasteiger charge is -2.36. The van der Waals surface area contributed by atoms with Crippen LogP contribution in [0.2, 0.25) is 0 Å². The van der Waals surface area contributed by atoms with Gasteiger partial charge in [0.15, 0.2) is 0 Å². The fourth-order valence-electron chi connectivity index (χ4n) is 7.14. The van der Waals surface area contributed by atoms with Crippen molar-refractivity contribution in [2.45, 2.75) is 103 Å². The van der Waals surface area contributed by atoms with Gasteiger partial charge in [-0.25, -0.2) is 0 Å². The van der Waals surface area contributed by atoms with E-state index in [0.717, 1.165) is 41.7 Å². The molecule has 0 amide bonds. The maximum Gasteiger partial charge on any atom is 0.0130 e. The van der Waals surface area contributed by atoms with E-state index in [1.54, 1.807) is 0 Å². The zero-order valence-corrected chi connectivity index (χ0v) is 16.8.